The van der Waals surface area contributed by atoms with Crippen LogP contribution in [-0.4, -0.2) is 98.4 Å². The Kier molecular flexibility index (Phi) is 7.86. The molecule has 1 aromatic heterocycles. The molecule has 1 amide bonds. The van der Waals surface area contributed by atoms with Crippen LogP contribution in [0.3, 0.4) is 0 Å². The van der Waals surface area contributed by atoms with E-state index in [1.807, 2.05) is 4.90 Å². The smallest absolute Gasteiger partial charge is 0.274 e. The highest BCUT2D eigenvalue weighted by Crippen LogP contribution is 2.44. The molecule has 184 valence electrons. The summed E-state index contributed by atoms with van der Waals surface area (Å²) in [5.74, 6) is 0.819. The second kappa shape index (κ2) is 11.2. The fraction of sp³-hybridized carbons (Fsp3) is 0.600. The van der Waals surface area contributed by atoms with Gasteiger partial charge in [-0.1, -0.05) is 18.2 Å². The summed E-state index contributed by atoms with van der Waals surface area (Å²) in [4.78, 5) is 19.1. The number of methoxy groups -OCH3 is 1. The van der Waals surface area contributed by atoms with E-state index >= 15 is 0 Å². The zero-order valence-electron chi connectivity index (χ0n) is 19.9. The van der Waals surface area contributed by atoms with Gasteiger partial charge in [-0.05, 0) is 25.5 Å². The lowest BCUT2D eigenvalue weighted by Crippen LogP contribution is -2.41. The maximum Gasteiger partial charge on any atom is 0.274 e. The highest BCUT2D eigenvalue weighted by Gasteiger charge is 2.34. The van der Waals surface area contributed by atoms with E-state index in [9.17, 15) is 4.79 Å². The number of nitrogens with zero attached hydrogens (tertiary/aromatic N) is 4. The zero-order valence-corrected chi connectivity index (χ0v) is 20.7. The number of carbonyl (C=O) groups excluding carboxylic acids is 1. The predicted molar refractivity (Wildman–Crippen MR) is 131 cm³/mol. The van der Waals surface area contributed by atoms with Gasteiger partial charge in [-0.25, -0.2) is 0 Å². The molecule has 2 saturated heterocycles. The Hall–Kier alpha value is -1.91. The summed E-state index contributed by atoms with van der Waals surface area (Å²) in [6.07, 6.45) is 2.18. The van der Waals surface area contributed by atoms with E-state index in [-0.39, 0.29) is 11.9 Å². The number of thioether (sulfide) groups is 1. The van der Waals surface area contributed by atoms with Crippen LogP contribution in [0.1, 0.15) is 34.9 Å². The number of fused-ring (bicyclic) bond motifs is 3. The number of aromatic nitrogens is 2. The number of likely N-dealkylation sites (tertiary alicyclic amines) is 1. The number of morpholine rings is 1. The largest absolute Gasteiger partial charge is 0.382 e. The second-order valence-corrected chi connectivity index (χ2v) is 10.0. The first-order valence-corrected chi connectivity index (χ1v) is 13.2. The first kappa shape index (κ1) is 23.8. The summed E-state index contributed by atoms with van der Waals surface area (Å²) < 4.78 is 18.4. The fourth-order valence-electron chi connectivity index (χ4n) is 5.05. The number of rotatable bonds is 8. The highest BCUT2D eigenvalue weighted by atomic mass is 32.2. The Labute approximate surface area is 205 Å². The van der Waals surface area contributed by atoms with Gasteiger partial charge in [0, 0.05) is 55.1 Å². The van der Waals surface area contributed by atoms with Crippen molar-refractivity contribution in [2.45, 2.75) is 29.5 Å². The Bertz CT molecular complexity index is 991. The summed E-state index contributed by atoms with van der Waals surface area (Å²) in [5.41, 5.74) is 4.04. The lowest BCUT2D eigenvalue weighted by molar-refractivity contribution is 0.0297. The lowest BCUT2D eigenvalue weighted by Gasteiger charge is -2.34. The van der Waals surface area contributed by atoms with Gasteiger partial charge in [0.1, 0.15) is 0 Å². The van der Waals surface area contributed by atoms with Crippen molar-refractivity contribution in [1.82, 2.24) is 19.6 Å². The summed E-state index contributed by atoms with van der Waals surface area (Å²) in [6.45, 7) is 7.29. The molecule has 0 bridgehead atoms. The SMILES string of the molecule is COCCOCCN1CCCC(n2nc(C(=O)N3CCOCC3)c3c2-c2ccccc2SC3)C1. The quantitative estimate of drug-likeness (QED) is 0.532. The van der Waals surface area contributed by atoms with Gasteiger partial charge in [-0.15, -0.1) is 11.8 Å². The molecule has 0 spiro atoms. The minimum atomic E-state index is 0.0393. The molecule has 1 unspecified atom stereocenters. The summed E-state index contributed by atoms with van der Waals surface area (Å²) in [6, 6.07) is 8.76. The second-order valence-electron chi connectivity index (χ2n) is 9.01. The zero-order chi connectivity index (χ0) is 23.3. The van der Waals surface area contributed by atoms with Crippen molar-refractivity contribution in [3.05, 3.63) is 35.5 Å². The molecule has 1 aromatic carbocycles. The third-order valence-electron chi connectivity index (χ3n) is 6.83. The van der Waals surface area contributed by atoms with E-state index in [2.05, 4.69) is 33.8 Å². The Morgan fingerprint density at radius 3 is 2.88 bits per heavy atom. The highest BCUT2D eigenvalue weighted by molar-refractivity contribution is 7.98. The van der Waals surface area contributed by atoms with E-state index in [0.29, 0.717) is 51.8 Å². The average molecular weight is 487 g/mol. The van der Waals surface area contributed by atoms with Crippen LogP contribution < -0.4 is 0 Å². The molecule has 9 heteroatoms. The first-order valence-electron chi connectivity index (χ1n) is 12.3. The fourth-order valence-corrected chi connectivity index (χ4v) is 6.12. The van der Waals surface area contributed by atoms with E-state index in [1.54, 1.807) is 18.9 Å². The van der Waals surface area contributed by atoms with Crippen molar-refractivity contribution in [3.63, 3.8) is 0 Å². The van der Waals surface area contributed by atoms with Crippen molar-refractivity contribution in [2.24, 2.45) is 0 Å². The van der Waals surface area contributed by atoms with Crippen LogP contribution in [-0.2, 0) is 20.0 Å². The molecule has 0 saturated carbocycles. The summed E-state index contributed by atoms with van der Waals surface area (Å²) >= 11 is 1.80. The normalized spacial score (nSPS) is 20.7. The molecule has 2 aromatic rings. The van der Waals surface area contributed by atoms with Gasteiger partial charge in [-0.2, -0.15) is 5.10 Å². The monoisotopic (exact) mass is 486 g/mol. The van der Waals surface area contributed by atoms with E-state index in [4.69, 9.17) is 19.3 Å². The van der Waals surface area contributed by atoms with Crippen molar-refractivity contribution < 1.29 is 19.0 Å². The van der Waals surface area contributed by atoms with Crippen LogP contribution in [0.25, 0.3) is 11.3 Å². The molecule has 4 heterocycles. The number of benzene rings is 1. The van der Waals surface area contributed by atoms with Crippen molar-refractivity contribution in [1.29, 1.82) is 0 Å². The molecule has 3 aliphatic rings. The topological polar surface area (TPSA) is 69.1 Å². The maximum absolute atomic E-state index is 13.5. The summed E-state index contributed by atoms with van der Waals surface area (Å²) in [7, 11) is 1.69. The van der Waals surface area contributed by atoms with Gasteiger partial charge in [0.25, 0.3) is 5.91 Å². The Balaban J connectivity index is 1.41. The first-order chi connectivity index (χ1) is 16.8. The van der Waals surface area contributed by atoms with Crippen LogP contribution in [0.15, 0.2) is 29.2 Å². The number of hydrogen-bond donors (Lipinski definition) is 0. The van der Waals surface area contributed by atoms with Crippen molar-refractivity contribution in [3.8, 4) is 11.3 Å². The average Bonchev–Trinajstić information content (AvgIpc) is 3.29. The minimum absolute atomic E-state index is 0.0393. The van der Waals surface area contributed by atoms with Gasteiger partial charge in [0.2, 0.25) is 0 Å². The van der Waals surface area contributed by atoms with Crippen LogP contribution in [0.2, 0.25) is 0 Å². The molecule has 0 radical (unpaired) electrons. The van der Waals surface area contributed by atoms with Crippen molar-refractivity contribution in [2.75, 3.05) is 72.9 Å². The summed E-state index contributed by atoms with van der Waals surface area (Å²) in [5, 5.41) is 5.04. The third-order valence-corrected chi connectivity index (χ3v) is 7.93. The molecule has 34 heavy (non-hydrogen) atoms. The van der Waals surface area contributed by atoms with Gasteiger partial charge in [0.05, 0.1) is 44.8 Å². The number of ether oxygens (including phenoxy) is 3. The number of carbonyl (C=O) groups is 1. The predicted octanol–water partition coefficient (Wildman–Crippen LogP) is 2.93. The third kappa shape index (κ3) is 5.04. The van der Waals surface area contributed by atoms with Gasteiger partial charge >= 0.3 is 0 Å². The Morgan fingerprint density at radius 2 is 2.03 bits per heavy atom. The van der Waals surface area contributed by atoms with Crippen LogP contribution >= 0.6 is 11.8 Å². The molecule has 0 aliphatic carbocycles. The lowest BCUT2D eigenvalue weighted by atomic mass is 10.0. The van der Waals surface area contributed by atoms with Crippen LogP contribution in [0, 0.1) is 0 Å². The molecule has 3 aliphatic heterocycles. The molecular weight excluding hydrogens is 452 g/mol. The van der Waals surface area contributed by atoms with E-state index in [1.165, 1.54) is 10.5 Å². The number of piperidine rings is 1. The molecule has 2 fully saturated rings. The van der Waals surface area contributed by atoms with Crippen molar-refractivity contribution >= 4 is 17.7 Å². The van der Waals surface area contributed by atoms with Gasteiger partial charge in [0.15, 0.2) is 5.69 Å². The van der Waals surface area contributed by atoms with Crippen LogP contribution in [0.5, 0.6) is 0 Å². The standard InChI is InChI=1S/C25H34N4O4S/c1-31-15-16-33-12-9-27-8-4-5-19(17-27)29-24-20-6-2-3-7-22(20)34-18-21(24)23(26-29)25(30)28-10-13-32-14-11-28/h2-3,6-7,19H,4-5,8-18H2,1H3. The maximum atomic E-state index is 13.5. The molecular formula is C25H34N4O4S. The van der Waals surface area contributed by atoms with E-state index in [0.717, 1.165) is 49.5 Å². The molecule has 1 atom stereocenters. The molecule has 8 nitrogen and oxygen atoms in total. The molecule has 5 rings (SSSR count). The van der Waals surface area contributed by atoms with Crippen LogP contribution in [0.4, 0.5) is 0 Å². The molecule has 0 N–H and O–H groups in total. The Morgan fingerprint density at radius 1 is 1.18 bits per heavy atom. The number of amides is 1. The van der Waals surface area contributed by atoms with Gasteiger partial charge in [-0.3, -0.25) is 14.4 Å². The minimum Gasteiger partial charge on any atom is -0.382 e. The van der Waals surface area contributed by atoms with E-state index < -0.39 is 0 Å². The van der Waals surface area contributed by atoms with Gasteiger partial charge < -0.3 is 19.1 Å². The number of hydrogen-bond acceptors (Lipinski definition) is 7.